The monoisotopic (exact) mass is 412 g/mol. The first-order valence-electron chi connectivity index (χ1n) is 10.8. The molecule has 3 aromatic carbocycles. The number of nitrogens with zero attached hydrogens (tertiary/aromatic N) is 1. The lowest BCUT2D eigenvalue weighted by molar-refractivity contribution is -0.136. The van der Waals surface area contributed by atoms with E-state index in [2.05, 4.69) is 58.4 Å². The topological polar surface area (TPSA) is 54.3 Å². The van der Waals surface area contributed by atoms with E-state index in [0.29, 0.717) is 0 Å². The summed E-state index contributed by atoms with van der Waals surface area (Å²) in [5, 5.41) is 14.1. The lowest BCUT2D eigenvalue weighted by Crippen LogP contribution is -2.28. The fourth-order valence-electron chi connectivity index (χ4n) is 4.14. The molecule has 0 bridgehead atoms. The van der Waals surface area contributed by atoms with E-state index in [-0.39, 0.29) is 12.6 Å². The Kier molecular flexibility index (Phi) is 6.80. The summed E-state index contributed by atoms with van der Waals surface area (Å²) in [7, 11) is 0. The lowest BCUT2D eigenvalue weighted by Gasteiger charge is -2.22. The first-order valence-corrected chi connectivity index (χ1v) is 10.8. The van der Waals surface area contributed by atoms with Crippen molar-refractivity contribution < 1.29 is 9.90 Å². The van der Waals surface area contributed by atoms with Crippen molar-refractivity contribution in [2.45, 2.75) is 31.8 Å². The normalized spacial score (nSPS) is 12.1. The van der Waals surface area contributed by atoms with Gasteiger partial charge in [-0.15, -0.1) is 0 Å². The first-order chi connectivity index (χ1) is 15.2. The van der Waals surface area contributed by atoms with Crippen LogP contribution in [-0.2, 0) is 17.6 Å². The zero-order chi connectivity index (χ0) is 21.5. The second-order valence-electron chi connectivity index (χ2n) is 7.86. The van der Waals surface area contributed by atoms with Gasteiger partial charge in [-0.05, 0) is 48.6 Å². The number of aromatic nitrogens is 1. The number of benzene rings is 3. The largest absolute Gasteiger partial charge is 0.481 e. The smallest absolute Gasteiger partial charge is 0.307 e. The van der Waals surface area contributed by atoms with Gasteiger partial charge in [0.2, 0.25) is 0 Å². The van der Waals surface area contributed by atoms with Crippen LogP contribution in [0, 0.1) is 0 Å². The second-order valence-corrected chi connectivity index (χ2v) is 7.86. The Hall–Kier alpha value is -3.37. The number of para-hydroxylation sites is 1. The summed E-state index contributed by atoms with van der Waals surface area (Å²) >= 11 is 0. The third-order valence-electron chi connectivity index (χ3n) is 5.63. The number of aryl methyl sites for hydroxylation is 1. The Morgan fingerprint density at radius 2 is 1.55 bits per heavy atom. The van der Waals surface area contributed by atoms with Crippen LogP contribution < -0.4 is 5.32 Å². The number of unbranched alkanes of at least 4 members (excludes halogenated alkanes) is 1. The Labute approximate surface area is 183 Å². The number of carbonyl (C=O) groups is 1. The van der Waals surface area contributed by atoms with Gasteiger partial charge < -0.3 is 9.67 Å². The third-order valence-corrected chi connectivity index (χ3v) is 5.63. The second kappa shape index (κ2) is 10.1. The minimum Gasteiger partial charge on any atom is -0.481 e. The van der Waals surface area contributed by atoms with Gasteiger partial charge in [0.15, 0.2) is 0 Å². The van der Waals surface area contributed by atoms with E-state index in [1.54, 1.807) is 0 Å². The molecule has 4 aromatic rings. The molecule has 4 nitrogen and oxygen atoms in total. The number of hydrogen-bond acceptors (Lipinski definition) is 2. The van der Waals surface area contributed by atoms with Crippen molar-refractivity contribution in [2.24, 2.45) is 0 Å². The molecule has 1 atom stereocenters. The van der Waals surface area contributed by atoms with Gasteiger partial charge in [-0.2, -0.15) is 0 Å². The third kappa shape index (κ3) is 5.22. The summed E-state index contributed by atoms with van der Waals surface area (Å²) < 4.78 is 2.18. The van der Waals surface area contributed by atoms with E-state index in [4.69, 9.17) is 0 Å². The van der Waals surface area contributed by atoms with Crippen LogP contribution in [0.25, 0.3) is 10.9 Å². The fourth-order valence-corrected chi connectivity index (χ4v) is 4.14. The van der Waals surface area contributed by atoms with Crippen LogP contribution in [0.5, 0.6) is 0 Å². The predicted molar refractivity (Wildman–Crippen MR) is 125 cm³/mol. The van der Waals surface area contributed by atoms with Gasteiger partial charge in [0.1, 0.15) is 6.17 Å². The number of carboxylic acid groups (broad SMARTS) is 1. The number of fused-ring (bicyclic) bond motifs is 1. The molecule has 0 saturated heterocycles. The summed E-state index contributed by atoms with van der Waals surface area (Å²) in [6, 6.07) is 29.0. The summed E-state index contributed by atoms with van der Waals surface area (Å²) in [6.07, 6.45) is 5.23. The van der Waals surface area contributed by atoms with Crippen molar-refractivity contribution in [1.29, 1.82) is 0 Å². The molecular formula is C27H28N2O2. The quantitative estimate of drug-likeness (QED) is 0.342. The van der Waals surface area contributed by atoms with Crippen molar-refractivity contribution in [2.75, 3.05) is 6.54 Å². The van der Waals surface area contributed by atoms with Crippen LogP contribution >= 0.6 is 0 Å². The van der Waals surface area contributed by atoms with Gasteiger partial charge in [0.05, 0.1) is 6.42 Å². The molecule has 0 fully saturated rings. The van der Waals surface area contributed by atoms with Crippen LogP contribution in [-0.4, -0.2) is 22.2 Å². The van der Waals surface area contributed by atoms with Crippen LogP contribution in [0.4, 0.5) is 0 Å². The molecule has 31 heavy (non-hydrogen) atoms. The maximum atomic E-state index is 11.4. The summed E-state index contributed by atoms with van der Waals surface area (Å²) in [6.45, 7) is 0.882. The van der Waals surface area contributed by atoms with E-state index in [1.807, 2.05) is 42.6 Å². The highest BCUT2D eigenvalue weighted by atomic mass is 16.4. The Balaban J connectivity index is 1.54. The van der Waals surface area contributed by atoms with Gasteiger partial charge in [-0.25, -0.2) is 0 Å². The highest BCUT2D eigenvalue weighted by Gasteiger charge is 2.18. The van der Waals surface area contributed by atoms with Gasteiger partial charge >= 0.3 is 5.97 Å². The average Bonchev–Trinajstić information content (AvgIpc) is 3.15. The molecular weight excluding hydrogens is 384 g/mol. The molecule has 158 valence electrons. The lowest BCUT2D eigenvalue weighted by atomic mass is 10.1. The van der Waals surface area contributed by atoms with Gasteiger partial charge in [0.25, 0.3) is 0 Å². The number of carboxylic acids is 1. The Morgan fingerprint density at radius 3 is 2.29 bits per heavy atom. The maximum absolute atomic E-state index is 11.4. The first kappa shape index (κ1) is 20.9. The van der Waals surface area contributed by atoms with E-state index < -0.39 is 5.97 Å². The summed E-state index contributed by atoms with van der Waals surface area (Å²) in [4.78, 5) is 11.4. The standard InChI is InChI=1S/C27H28N2O2/c30-26(31)19-23-20-29(25-17-8-7-16-24(23)25)27(22-14-5-2-6-15-22)28-18-10-9-13-21-11-3-1-4-12-21/h1-8,11-12,14-17,20,27-28H,9-10,13,18-19H2,(H,30,31). The molecule has 2 N–H and O–H groups in total. The molecule has 0 aliphatic carbocycles. The Morgan fingerprint density at radius 1 is 0.871 bits per heavy atom. The minimum absolute atomic E-state index is 0.0199. The maximum Gasteiger partial charge on any atom is 0.307 e. The molecule has 0 aliphatic rings. The van der Waals surface area contributed by atoms with Crippen molar-refractivity contribution in [1.82, 2.24) is 9.88 Å². The van der Waals surface area contributed by atoms with Crippen LogP contribution in [0.3, 0.4) is 0 Å². The number of rotatable bonds is 10. The fraction of sp³-hybridized carbons (Fsp3) is 0.222. The number of hydrogen-bond donors (Lipinski definition) is 2. The molecule has 0 saturated carbocycles. The van der Waals surface area contributed by atoms with E-state index in [0.717, 1.165) is 47.8 Å². The molecule has 1 unspecified atom stereocenters. The van der Waals surface area contributed by atoms with Gasteiger partial charge in [-0.1, -0.05) is 78.9 Å². The molecule has 1 aromatic heterocycles. The van der Waals surface area contributed by atoms with Crippen molar-refractivity contribution >= 4 is 16.9 Å². The van der Waals surface area contributed by atoms with Crippen molar-refractivity contribution in [3.05, 3.63) is 108 Å². The molecule has 4 rings (SSSR count). The van der Waals surface area contributed by atoms with Crippen LogP contribution in [0.15, 0.2) is 91.1 Å². The highest BCUT2D eigenvalue weighted by molar-refractivity contribution is 5.87. The van der Waals surface area contributed by atoms with E-state index in [9.17, 15) is 9.90 Å². The molecule has 4 heteroatoms. The highest BCUT2D eigenvalue weighted by Crippen LogP contribution is 2.27. The SMILES string of the molecule is O=C(O)Cc1cn(C(NCCCCc2ccccc2)c2ccccc2)c2ccccc12. The summed E-state index contributed by atoms with van der Waals surface area (Å²) in [5.74, 6) is -0.812. The zero-order valence-corrected chi connectivity index (χ0v) is 17.6. The van der Waals surface area contributed by atoms with Crippen molar-refractivity contribution in [3.63, 3.8) is 0 Å². The Bertz CT molecular complexity index is 1120. The van der Waals surface area contributed by atoms with Crippen LogP contribution in [0.1, 0.15) is 35.7 Å². The molecule has 0 aliphatic heterocycles. The molecule has 0 spiro atoms. The number of aliphatic carboxylic acids is 1. The van der Waals surface area contributed by atoms with E-state index >= 15 is 0 Å². The predicted octanol–water partition coefficient (Wildman–Crippen LogP) is 5.43. The molecule has 0 radical (unpaired) electrons. The number of nitrogens with one attached hydrogen (secondary N) is 1. The van der Waals surface area contributed by atoms with Crippen LogP contribution in [0.2, 0.25) is 0 Å². The molecule has 0 amide bonds. The summed E-state index contributed by atoms with van der Waals surface area (Å²) in [5.41, 5.74) is 4.42. The molecule has 1 heterocycles. The van der Waals surface area contributed by atoms with Crippen molar-refractivity contribution in [3.8, 4) is 0 Å². The average molecular weight is 413 g/mol. The van der Waals surface area contributed by atoms with Gasteiger partial charge in [-0.3, -0.25) is 10.1 Å². The van der Waals surface area contributed by atoms with E-state index in [1.165, 1.54) is 5.56 Å². The minimum atomic E-state index is -0.812. The zero-order valence-electron chi connectivity index (χ0n) is 17.6. The van der Waals surface area contributed by atoms with Gasteiger partial charge in [0, 0.05) is 17.1 Å².